The first-order valence-corrected chi connectivity index (χ1v) is 10.2. The highest BCUT2D eigenvalue weighted by molar-refractivity contribution is 5.85. The van der Waals surface area contributed by atoms with Crippen molar-refractivity contribution in [1.82, 2.24) is 10.3 Å². The molecule has 31 heavy (non-hydrogen) atoms. The van der Waals surface area contributed by atoms with Crippen molar-refractivity contribution in [1.29, 1.82) is 0 Å². The fourth-order valence-corrected chi connectivity index (χ4v) is 4.09. The van der Waals surface area contributed by atoms with E-state index in [1.54, 1.807) is 6.92 Å². The molecule has 0 bridgehead atoms. The van der Waals surface area contributed by atoms with Crippen LogP contribution in [0.1, 0.15) is 41.0 Å². The molecule has 0 aliphatic rings. The van der Waals surface area contributed by atoms with E-state index < -0.39 is 11.5 Å². The van der Waals surface area contributed by atoms with Gasteiger partial charge in [-0.2, -0.15) is 0 Å². The Morgan fingerprint density at radius 3 is 2.55 bits per heavy atom. The van der Waals surface area contributed by atoms with Crippen molar-refractivity contribution < 1.29 is 14.3 Å². The van der Waals surface area contributed by atoms with Crippen molar-refractivity contribution in [2.45, 2.75) is 26.2 Å². The molecule has 1 unspecified atom stereocenters. The molecule has 158 valence electrons. The first kappa shape index (κ1) is 20.5. The Hall–Kier alpha value is -3.80. The van der Waals surface area contributed by atoms with Crippen LogP contribution in [0.3, 0.4) is 0 Å². The van der Waals surface area contributed by atoms with Gasteiger partial charge in [0.1, 0.15) is 11.5 Å². The van der Waals surface area contributed by atoms with Crippen LogP contribution in [0.25, 0.3) is 10.9 Å². The summed E-state index contributed by atoms with van der Waals surface area (Å²) in [6, 6.07) is 18.9. The summed E-state index contributed by atoms with van der Waals surface area (Å²) in [4.78, 5) is 27.8. The van der Waals surface area contributed by atoms with E-state index in [0.717, 1.165) is 27.7 Å². The summed E-state index contributed by atoms with van der Waals surface area (Å²) in [5.74, 6) is -0.412. The van der Waals surface area contributed by atoms with E-state index in [1.807, 2.05) is 54.6 Å². The maximum Gasteiger partial charge on any atom is 0.343 e. The zero-order chi connectivity index (χ0) is 22.0. The van der Waals surface area contributed by atoms with Crippen molar-refractivity contribution in [2.24, 2.45) is 0 Å². The lowest BCUT2D eigenvalue weighted by Crippen LogP contribution is -2.23. The standard InChI is InChI=1S/C25H24N2O4/c1-15-14-21(29)23(25(30)31-15)22(17-8-4-3-5-9-17)24-19(12-13-26-16(2)28)18-10-6-7-11-20(18)27-24/h3-11,14,22,27,29H,12-13H2,1-2H3,(H,26,28). The predicted octanol–water partition coefficient (Wildman–Crippen LogP) is 3.99. The first-order chi connectivity index (χ1) is 15.0. The SMILES string of the molecule is CC(=O)NCCc1c(C(c2ccccc2)c2c(O)cc(C)oc2=O)[nH]c2ccccc12. The van der Waals surface area contributed by atoms with E-state index in [2.05, 4.69) is 10.3 Å². The van der Waals surface area contributed by atoms with Gasteiger partial charge in [0.25, 0.3) is 0 Å². The van der Waals surface area contributed by atoms with Crippen LogP contribution in [0.4, 0.5) is 0 Å². The largest absolute Gasteiger partial charge is 0.507 e. The third-order valence-electron chi connectivity index (χ3n) is 5.40. The fraction of sp³-hybridized carbons (Fsp3) is 0.200. The zero-order valence-electron chi connectivity index (χ0n) is 17.4. The highest BCUT2D eigenvalue weighted by Gasteiger charge is 2.29. The Morgan fingerprint density at radius 2 is 1.84 bits per heavy atom. The third kappa shape index (κ3) is 4.10. The van der Waals surface area contributed by atoms with Gasteiger partial charge in [0.15, 0.2) is 0 Å². The molecule has 4 rings (SSSR count). The molecule has 0 spiro atoms. The van der Waals surface area contributed by atoms with Gasteiger partial charge in [-0.3, -0.25) is 4.79 Å². The zero-order valence-corrected chi connectivity index (χ0v) is 17.4. The molecule has 0 saturated heterocycles. The Bertz CT molecular complexity index is 1290. The summed E-state index contributed by atoms with van der Waals surface area (Å²) in [7, 11) is 0. The highest BCUT2D eigenvalue weighted by atomic mass is 16.4. The first-order valence-electron chi connectivity index (χ1n) is 10.2. The monoisotopic (exact) mass is 416 g/mol. The number of aromatic amines is 1. The number of carbonyl (C=O) groups is 1. The molecule has 2 heterocycles. The van der Waals surface area contributed by atoms with Gasteiger partial charge in [-0.25, -0.2) is 4.79 Å². The minimum absolute atomic E-state index is 0.0992. The van der Waals surface area contributed by atoms with Gasteiger partial charge in [-0.1, -0.05) is 48.5 Å². The second-order valence-corrected chi connectivity index (χ2v) is 7.58. The Kier molecular flexibility index (Phi) is 5.62. The van der Waals surface area contributed by atoms with E-state index in [9.17, 15) is 14.7 Å². The number of para-hydroxylation sites is 1. The van der Waals surface area contributed by atoms with Gasteiger partial charge in [-0.05, 0) is 30.5 Å². The van der Waals surface area contributed by atoms with Crippen molar-refractivity contribution >= 4 is 16.8 Å². The van der Waals surface area contributed by atoms with Gasteiger partial charge in [-0.15, -0.1) is 0 Å². The molecule has 0 fully saturated rings. The number of hydrogen-bond acceptors (Lipinski definition) is 4. The molecule has 1 atom stereocenters. The van der Waals surface area contributed by atoms with Crippen molar-refractivity contribution in [3.8, 4) is 5.75 Å². The summed E-state index contributed by atoms with van der Waals surface area (Å²) in [5.41, 5.74) is 3.16. The summed E-state index contributed by atoms with van der Waals surface area (Å²) >= 11 is 0. The fourth-order valence-electron chi connectivity index (χ4n) is 4.09. The molecular weight excluding hydrogens is 392 g/mol. The van der Waals surface area contributed by atoms with Crippen LogP contribution < -0.4 is 10.9 Å². The average molecular weight is 416 g/mol. The summed E-state index contributed by atoms with van der Waals surface area (Å²) in [5, 5.41) is 14.6. The molecule has 6 heteroatoms. The van der Waals surface area contributed by atoms with E-state index in [0.29, 0.717) is 18.7 Å². The Morgan fingerprint density at radius 1 is 1.13 bits per heavy atom. The van der Waals surface area contributed by atoms with Gasteiger partial charge in [0.05, 0.1) is 11.5 Å². The van der Waals surface area contributed by atoms with Crippen LogP contribution >= 0.6 is 0 Å². The Balaban J connectivity index is 1.96. The quantitative estimate of drug-likeness (QED) is 0.443. The number of nitrogens with one attached hydrogen (secondary N) is 2. The number of benzene rings is 2. The van der Waals surface area contributed by atoms with Crippen molar-refractivity contribution in [2.75, 3.05) is 6.54 Å². The van der Waals surface area contributed by atoms with Crippen LogP contribution in [0, 0.1) is 6.92 Å². The maximum atomic E-state index is 12.9. The normalized spacial score (nSPS) is 12.1. The molecular formula is C25H24N2O4. The molecule has 2 aromatic heterocycles. The minimum Gasteiger partial charge on any atom is -0.507 e. The smallest absolute Gasteiger partial charge is 0.343 e. The van der Waals surface area contributed by atoms with Crippen molar-refractivity contribution in [3.05, 3.63) is 99.2 Å². The maximum absolute atomic E-state index is 12.9. The highest BCUT2D eigenvalue weighted by Crippen LogP contribution is 2.38. The molecule has 2 aromatic carbocycles. The van der Waals surface area contributed by atoms with Crippen LogP contribution in [-0.2, 0) is 11.2 Å². The van der Waals surface area contributed by atoms with E-state index in [1.165, 1.54) is 13.0 Å². The van der Waals surface area contributed by atoms with Gasteiger partial charge in [0, 0.05) is 36.1 Å². The summed E-state index contributed by atoms with van der Waals surface area (Å²) < 4.78 is 5.35. The van der Waals surface area contributed by atoms with Crippen LogP contribution in [0.5, 0.6) is 5.75 Å². The second-order valence-electron chi connectivity index (χ2n) is 7.58. The number of rotatable bonds is 6. The number of aromatic nitrogens is 1. The number of aryl methyl sites for hydroxylation is 1. The lowest BCUT2D eigenvalue weighted by atomic mass is 9.86. The molecule has 1 amide bonds. The van der Waals surface area contributed by atoms with E-state index >= 15 is 0 Å². The minimum atomic E-state index is -0.571. The Labute approximate surface area is 179 Å². The van der Waals surface area contributed by atoms with Gasteiger partial charge < -0.3 is 19.8 Å². The predicted molar refractivity (Wildman–Crippen MR) is 119 cm³/mol. The molecule has 0 saturated carbocycles. The molecule has 4 aromatic rings. The second kappa shape index (κ2) is 8.52. The molecule has 0 radical (unpaired) electrons. The number of amides is 1. The van der Waals surface area contributed by atoms with Crippen LogP contribution in [0.15, 0.2) is 69.9 Å². The number of aromatic hydroxyl groups is 1. The number of hydrogen-bond donors (Lipinski definition) is 3. The summed E-state index contributed by atoms with van der Waals surface area (Å²) in [6.07, 6.45) is 0.570. The van der Waals surface area contributed by atoms with Crippen LogP contribution in [0.2, 0.25) is 0 Å². The molecule has 6 nitrogen and oxygen atoms in total. The van der Waals surface area contributed by atoms with E-state index in [4.69, 9.17) is 4.42 Å². The lowest BCUT2D eigenvalue weighted by molar-refractivity contribution is -0.118. The number of carbonyl (C=O) groups excluding carboxylic acids is 1. The van der Waals surface area contributed by atoms with E-state index in [-0.39, 0.29) is 17.2 Å². The molecule has 0 aliphatic carbocycles. The van der Waals surface area contributed by atoms with Gasteiger partial charge in [0.2, 0.25) is 5.91 Å². The topological polar surface area (TPSA) is 95.3 Å². The average Bonchev–Trinajstić information content (AvgIpc) is 3.09. The van der Waals surface area contributed by atoms with Gasteiger partial charge >= 0.3 is 5.63 Å². The van der Waals surface area contributed by atoms with Crippen molar-refractivity contribution in [3.63, 3.8) is 0 Å². The number of fused-ring (bicyclic) bond motifs is 1. The van der Waals surface area contributed by atoms with Crippen LogP contribution in [-0.4, -0.2) is 22.5 Å². The lowest BCUT2D eigenvalue weighted by Gasteiger charge is -2.19. The number of H-pyrrole nitrogens is 1. The summed E-state index contributed by atoms with van der Waals surface area (Å²) in [6.45, 7) is 3.57. The molecule has 3 N–H and O–H groups in total. The molecule has 0 aliphatic heterocycles. The third-order valence-corrected chi connectivity index (χ3v) is 5.40.